The Hall–Kier alpha value is -2.60. The number of halogens is 1. The fourth-order valence-electron chi connectivity index (χ4n) is 2.43. The van der Waals surface area contributed by atoms with Gasteiger partial charge in [0.1, 0.15) is 10.8 Å². The molecule has 0 radical (unpaired) electrons. The SMILES string of the molecule is CC(NC(=O)CCc1ccc(F)cc1)c1nc(-c2ccncc2)cs1. The van der Waals surface area contributed by atoms with Crippen molar-refractivity contribution in [1.82, 2.24) is 15.3 Å². The molecule has 1 atom stereocenters. The lowest BCUT2D eigenvalue weighted by atomic mass is 10.1. The van der Waals surface area contributed by atoms with Gasteiger partial charge in [-0.1, -0.05) is 12.1 Å². The average molecular weight is 355 g/mol. The minimum atomic E-state index is -0.268. The summed E-state index contributed by atoms with van der Waals surface area (Å²) < 4.78 is 12.9. The van der Waals surface area contributed by atoms with Gasteiger partial charge in [-0.15, -0.1) is 11.3 Å². The van der Waals surface area contributed by atoms with Gasteiger partial charge in [0, 0.05) is 29.8 Å². The molecule has 0 aliphatic heterocycles. The highest BCUT2D eigenvalue weighted by atomic mass is 32.1. The smallest absolute Gasteiger partial charge is 0.220 e. The Kier molecular flexibility index (Phi) is 5.50. The van der Waals surface area contributed by atoms with Crippen LogP contribution in [0.5, 0.6) is 0 Å². The number of thiazole rings is 1. The summed E-state index contributed by atoms with van der Waals surface area (Å²) in [5, 5.41) is 5.81. The number of benzene rings is 1. The molecule has 0 saturated carbocycles. The van der Waals surface area contributed by atoms with Crippen LogP contribution in [-0.4, -0.2) is 15.9 Å². The molecular weight excluding hydrogens is 337 g/mol. The minimum Gasteiger partial charge on any atom is -0.347 e. The third kappa shape index (κ3) is 4.70. The van der Waals surface area contributed by atoms with E-state index in [4.69, 9.17) is 0 Å². The zero-order chi connectivity index (χ0) is 17.6. The van der Waals surface area contributed by atoms with E-state index in [2.05, 4.69) is 15.3 Å². The number of aryl methyl sites for hydroxylation is 1. The molecular formula is C19H18FN3OS. The maximum atomic E-state index is 12.9. The van der Waals surface area contributed by atoms with Crippen molar-refractivity contribution in [3.63, 3.8) is 0 Å². The van der Waals surface area contributed by atoms with Crippen LogP contribution in [0.3, 0.4) is 0 Å². The molecule has 0 bridgehead atoms. The molecule has 2 heterocycles. The van der Waals surface area contributed by atoms with Crippen molar-refractivity contribution < 1.29 is 9.18 Å². The Balaban J connectivity index is 1.55. The zero-order valence-electron chi connectivity index (χ0n) is 13.8. The second-order valence-electron chi connectivity index (χ2n) is 5.72. The van der Waals surface area contributed by atoms with Gasteiger partial charge in [0.15, 0.2) is 0 Å². The number of pyridine rings is 1. The molecule has 1 N–H and O–H groups in total. The van der Waals surface area contributed by atoms with Crippen molar-refractivity contribution in [3.8, 4) is 11.3 Å². The van der Waals surface area contributed by atoms with E-state index < -0.39 is 0 Å². The molecule has 1 amide bonds. The average Bonchev–Trinajstić information content (AvgIpc) is 3.12. The van der Waals surface area contributed by atoms with E-state index >= 15 is 0 Å². The molecule has 0 aliphatic rings. The maximum Gasteiger partial charge on any atom is 0.220 e. The molecule has 3 rings (SSSR count). The molecule has 0 spiro atoms. The number of aromatic nitrogens is 2. The summed E-state index contributed by atoms with van der Waals surface area (Å²) in [5.74, 6) is -0.312. The lowest BCUT2D eigenvalue weighted by molar-refractivity contribution is -0.121. The number of carbonyl (C=O) groups is 1. The first-order valence-electron chi connectivity index (χ1n) is 8.01. The highest BCUT2D eigenvalue weighted by Crippen LogP contribution is 2.25. The van der Waals surface area contributed by atoms with Crippen LogP contribution in [0.15, 0.2) is 54.2 Å². The molecule has 0 aliphatic carbocycles. The third-order valence-electron chi connectivity index (χ3n) is 3.80. The zero-order valence-corrected chi connectivity index (χ0v) is 14.6. The summed E-state index contributed by atoms with van der Waals surface area (Å²) in [5.41, 5.74) is 2.83. The number of carbonyl (C=O) groups excluding carboxylic acids is 1. The Morgan fingerprint density at radius 1 is 1.20 bits per heavy atom. The number of nitrogens with zero attached hydrogens (tertiary/aromatic N) is 2. The van der Waals surface area contributed by atoms with E-state index in [1.807, 2.05) is 24.4 Å². The summed E-state index contributed by atoms with van der Waals surface area (Å²) in [6.45, 7) is 1.92. The molecule has 2 aromatic heterocycles. The van der Waals surface area contributed by atoms with E-state index in [0.717, 1.165) is 21.8 Å². The lowest BCUT2D eigenvalue weighted by Crippen LogP contribution is -2.26. The first-order valence-corrected chi connectivity index (χ1v) is 8.89. The summed E-state index contributed by atoms with van der Waals surface area (Å²) in [4.78, 5) is 20.7. The Labute approximate surface area is 149 Å². The molecule has 1 aromatic carbocycles. The summed E-state index contributed by atoms with van der Waals surface area (Å²) in [6, 6.07) is 9.89. The van der Waals surface area contributed by atoms with E-state index in [1.54, 1.807) is 24.5 Å². The van der Waals surface area contributed by atoms with E-state index in [0.29, 0.717) is 12.8 Å². The van der Waals surface area contributed by atoms with Gasteiger partial charge < -0.3 is 5.32 Å². The lowest BCUT2D eigenvalue weighted by Gasteiger charge is -2.11. The number of nitrogens with one attached hydrogen (secondary N) is 1. The van der Waals surface area contributed by atoms with Gasteiger partial charge in [0.05, 0.1) is 11.7 Å². The fourth-order valence-corrected chi connectivity index (χ4v) is 3.26. The first-order chi connectivity index (χ1) is 12.1. The standard InChI is InChI=1S/C19H18FN3OS/c1-13(19-23-17(12-25-19)15-8-10-21-11-9-15)22-18(24)7-4-14-2-5-16(20)6-3-14/h2-3,5-6,8-13H,4,7H2,1H3,(H,22,24). The second kappa shape index (κ2) is 7.98. The van der Waals surface area contributed by atoms with Crippen molar-refractivity contribution in [2.24, 2.45) is 0 Å². The van der Waals surface area contributed by atoms with Crippen LogP contribution in [0, 0.1) is 5.82 Å². The van der Waals surface area contributed by atoms with Crippen LogP contribution < -0.4 is 5.32 Å². The highest BCUT2D eigenvalue weighted by molar-refractivity contribution is 7.10. The number of amides is 1. The molecule has 6 heteroatoms. The van der Waals surface area contributed by atoms with Crippen molar-refractivity contribution in [2.75, 3.05) is 0 Å². The van der Waals surface area contributed by atoms with E-state index in [-0.39, 0.29) is 17.8 Å². The van der Waals surface area contributed by atoms with Crippen molar-refractivity contribution in [2.45, 2.75) is 25.8 Å². The van der Waals surface area contributed by atoms with E-state index in [9.17, 15) is 9.18 Å². The van der Waals surface area contributed by atoms with Crippen molar-refractivity contribution in [1.29, 1.82) is 0 Å². The molecule has 4 nitrogen and oxygen atoms in total. The summed E-state index contributed by atoms with van der Waals surface area (Å²) in [6.07, 6.45) is 4.40. The van der Waals surface area contributed by atoms with Crippen LogP contribution in [-0.2, 0) is 11.2 Å². The van der Waals surface area contributed by atoms with Crippen LogP contribution in [0.2, 0.25) is 0 Å². The number of hydrogen-bond acceptors (Lipinski definition) is 4. The summed E-state index contributed by atoms with van der Waals surface area (Å²) >= 11 is 1.52. The van der Waals surface area contributed by atoms with Gasteiger partial charge in [-0.2, -0.15) is 0 Å². The Bertz CT molecular complexity index is 833. The Morgan fingerprint density at radius 3 is 2.64 bits per heavy atom. The quantitative estimate of drug-likeness (QED) is 0.722. The minimum absolute atomic E-state index is 0.0440. The van der Waals surface area contributed by atoms with Crippen LogP contribution in [0.1, 0.15) is 30.0 Å². The highest BCUT2D eigenvalue weighted by Gasteiger charge is 2.14. The molecule has 0 saturated heterocycles. The summed E-state index contributed by atoms with van der Waals surface area (Å²) in [7, 11) is 0. The van der Waals surface area contributed by atoms with Gasteiger partial charge >= 0.3 is 0 Å². The van der Waals surface area contributed by atoms with Gasteiger partial charge in [0.2, 0.25) is 5.91 Å². The van der Waals surface area contributed by atoms with Crippen LogP contribution in [0.4, 0.5) is 4.39 Å². The molecule has 25 heavy (non-hydrogen) atoms. The third-order valence-corrected chi connectivity index (χ3v) is 4.83. The predicted octanol–water partition coefficient (Wildman–Crippen LogP) is 4.15. The largest absolute Gasteiger partial charge is 0.347 e. The van der Waals surface area contributed by atoms with Gasteiger partial charge in [-0.3, -0.25) is 9.78 Å². The van der Waals surface area contributed by atoms with Crippen molar-refractivity contribution in [3.05, 3.63) is 70.6 Å². The van der Waals surface area contributed by atoms with Gasteiger partial charge in [-0.25, -0.2) is 9.37 Å². The first kappa shape index (κ1) is 17.2. The fraction of sp³-hybridized carbons (Fsp3) is 0.211. The molecule has 1 unspecified atom stereocenters. The van der Waals surface area contributed by atoms with Crippen LogP contribution in [0.25, 0.3) is 11.3 Å². The monoisotopic (exact) mass is 355 g/mol. The molecule has 0 fully saturated rings. The number of hydrogen-bond donors (Lipinski definition) is 1. The Morgan fingerprint density at radius 2 is 1.92 bits per heavy atom. The topological polar surface area (TPSA) is 54.9 Å². The van der Waals surface area contributed by atoms with Crippen molar-refractivity contribution >= 4 is 17.2 Å². The van der Waals surface area contributed by atoms with E-state index in [1.165, 1.54) is 23.5 Å². The van der Waals surface area contributed by atoms with Crippen LogP contribution >= 0.6 is 11.3 Å². The number of rotatable bonds is 6. The molecule has 3 aromatic rings. The normalized spacial score (nSPS) is 11.9. The van der Waals surface area contributed by atoms with Gasteiger partial charge in [-0.05, 0) is 43.2 Å². The predicted molar refractivity (Wildman–Crippen MR) is 96.6 cm³/mol. The maximum absolute atomic E-state index is 12.9. The molecule has 128 valence electrons. The van der Waals surface area contributed by atoms with Gasteiger partial charge in [0.25, 0.3) is 0 Å². The second-order valence-corrected chi connectivity index (χ2v) is 6.61.